The number of rotatable bonds is 9. The van der Waals surface area contributed by atoms with Crippen LogP contribution in [0.4, 0.5) is 10.5 Å². The highest BCUT2D eigenvalue weighted by Gasteiger charge is 2.15. The molecule has 0 bridgehead atoms. The first-order chi connectivity index (χ1) is 10.9. The Labute approximate surface area is 138 Å². The van der Waals surface area contributed by atoms with Crippen molar-refractivity contribution in [1.82, 2.24) is 5.32 Å². The van der Waals surface area contributed by atoms with E-state index in [9.17, 15) is 4.79 Å². The molecule has 0 unspecified atom stereocenters. The Balaban J connectivity index is 2.15. The highest BCUT2D eigenvalue weighted by atomic mass is 16.6. The van der Waals surface area contributed by atoms with Crippen LogP contribution in [0.15, 0.2) is 24.3 Å². The van der Waals surface area contributed by atoms with Gasteiger partial charge in [0.2, 0.25) is 0 Å². The van der Waals surface area contributed by atoms with E-state index in [1.54, 1.807) is 7.11 Å². The van der Waals surface area contributed by atoms with E-state index in [1.807, 2.05) is 45.0 Å². The quantitative estimate of drug-likeness (QED) is 0.683. The number of ether oxygens (including phenoxy) is 3. The maximum atomic E-state index is 11.5. The molecule has 0 heterocycles. The molecule has 1 rings (SSSR count). The molecule has 0 aliphatic carbocycles. The lowest BCUT2D eigenvalue weighted by Crippen LogP contribution is -2.33. The third-order valence-corrected chi connectivity index (χ3v) is 2.76. The summed E-state index contributed by atoms with van der Waals surface area (Å²) in [5.41, 5.74) is 0.552. The molecular formula is C17H28N2O4. The first-order valence-electron chi connectivity index (χ1n) is 7.83. The molecule has 0 saturated heterocycles. The first kappa shape index (κ1) is 19.1. The van der Waals surface area contributed by atoms with Gasteiger partial charge >= 0.3 is 6.09 Å². The third-order valence-electron chi connectivity index (χ3n) is 2.76. The van der Waals surface area contributed by atoms with Gasteiger partial charge < -0.3 is 24.8 Å². The summed E-state index contributed by atoms with van der Waals surface area (Å²) in [7, 11) is 1.65. The summed E-state index contributed by atoms with van der Waals surface area (Å²) < 4.78 is 15.6. The number of carbonyl (C=O) groups is 1. The van der Waals surface area contributed by atoms with Crippen molar-refractivity contribution >= 4 is 11.8 Å². The summed E-state index contributed by atoms with van der Waals surface area (Å²) in [6, 6.07) is 7.75. The zero-order valence-corrected chi connectivity index (χ0v) is 14.5. The predicted molar refractivity (Wildman–Crippen MR) is 91.2 cm³/mol. The summed E-state index contributed by atoms with van der Waals surface area (Å²) in [5, 5.41) is 6.02. The SMILES string of the molecule is COCCOc1ccc(NCCCNC(=O)OC(C)(C)C)cc1. The Kier molecular flexibility index (Phi) is 8.26. The second-order valence-corrected chi connectivity index (χ2v) is 6.07. The molecule has 0 radical (unpaired) electrons. The van der Waals surface area contributed by atoms with Gasteiger partial charge in [-0.1, -0.05) is 0 Å². The van der Waals surface area contributed by atoms with Gasteiger partial charge in [0.15, 0.2) is 0 Å². The molecule has 0 fully saturated rings. The standard InChI is InChI=1S/C17H28N2O4/c1-17(2,3)23-16(20)19-11-5-10-18-14-6-8-15(9-7-14)22-13-12-21-4/h6-9,18H,5,10-13H2,1-4H3,(H,19,20). The number of methoxy groups -OCH3 is 1. The van der Waals surface area contributed by atoms with Crippen LogP contribution >= 0.6 is 0 Å². The average molecular weight is 324 g/mol. The summed E-state index contributed by atoms with van der Waals surface area (Å²) in [5.74, 6) is 0.819. The molecule has 0 atom stereocenters. The van der Waals surface area contributed by atoms with Crippen molar-refractivity contribution < 1.29 is 19.0 Å². The first-order valence-corrected chi connectivity index (χ1v) is 7.83. The molecule has 1 amide bonds. The molecule has 0 aromatic heterocycles. The Morgan fingerprint density at radius 2 is 1.78 bits per heavy atom. The van der Waals surface area contributed by atoms with Crippen LogP contribution in [0.25, 0.3) is 0 Å². The van der Waals surface area contributed by atoms with Gasteiger partial charge in [0, 0.05) is 25.9 Å². The van der Waals surface area contributed by atoms with E-state index in [4.69, 9.17) is 14.2 Å². The van der Waals surface area contributed by atoms with Crippen LogP contribution in [0.5, 0.6) is 5.75 Å². The van der Waals surface area contributed by atoms with E-state index >= 15 is 0 Å². The van der Waals surface area contributed by atoms with Crippen molar-refractivity contribution in [1.29, 1.82) is 0 Å². The van der Waals surface area contributed by atoms with Crippen molar-refractivity contribution in [2.24, 2.45) is 0 Å². The molecule has 0 saturated carbocycles. The van der Waals surface area contributed by atoms with E-state index in [1.165, 1.54) is 0 Å². The monoisotopic (exact) mass is 324 g/mol. The van der Waals surface area contributed by atoms with Crippen molar-refractivity contribution in [3.8, 4) is 5.75 Å². The number of amides is 1. The van der Waals surface area contributed by atoms with Gasteiger partial charge in [0.05, 0.1) is 6.61 Å². The van der Waals surface area contributed by atoms with E-state index in [-0.39, 0.29) is 6.09 Å². The molecule has 23 heavy (non-hydrogen) atoms. The lowest BCUT2D eigenvalue weighted by atomic mass is 10.2. The Morgan fingerprint density at radius 1 is 1.09 bits per heavy atom. The molecule has 1 aromatic rings. The normalized spacial score (nSPS) is 11.0. The fourth-order valence-electron chi connectivity index (χ4n) is 1.74. The van der Waals surface area contributed by atoms with Crippen LogP contribution in [0.3, 0.4) is 0 Å². The number of carbonyl (C=O) groups excluding carboxylic acids is 1. The molecule has 1 aromatic carbocycles. The minimum absolute atomic E-state index is 0.380. The molecule has 0 spiro atoms. The van der Waals surface area contributed by atoms with Crippen LogP contribution in [0.2, 0.25) is 0 Å². The summed E-state index contributed by atoms with van der Waals surface area (Å²) in [4.78, 5) is 11.5. The molecule has 2 N–H and O–H groups in total. The van der Waals surface area contributed by atoms with E-state index < -0.39 is 5.60 Å². The minimum atomic E-state index is -0.463. The molecule has 6 heteroatoms. The molecular weight excluding hydrogens is 296 g/mol. The second-order valence-electron chi connectivity index (χ2n) is 6.07. The number of hydrogen-bond acceptors (Lipinski definition) is 5. The zero-order chi connectivity index (χ0) is 17.1. The molecule has 6 nitrogen and oxygen atoms in total. The van der Waals surface area contributed by atoms with Gasteiger partial charge in [-0.05, 0) is 51.5 Å². The van der Waals surface area contributed by atoms with Gasteiger partial charge in [-0.15, -0.1) is 0 Å². The van der Waals surface area contributed by atoms with Gasteiger partial charge in [-0.3, -0.25) is 0 Å². The number of benzene rings is 1. The lowest BCUT2D eigenvalue weighted by molar-refractivity contribution is 0.0528. The molecule has 130 valence electrons. The van der Waals surface area contributed by atoms with E-state index in [0.717, 1.165) is 24.4 Å². The highest BCUT2D eigenvalue weighted by molar-refractivity contribution is 5.67. The summed E-state index contributed by atoms with van der Waals surface area (Å²) in [6.07, 6.45) is 0.431. The number of alkyl carbamates (subject to hydrolysis) is 1. The fourth-order valence-corrected chi connectivity index (χ4v) is 1.74. The smallest absolute Gasteiger partial charge is 0.407 e. The average Bonchev–Trinajstić information content (AvgIpc) is 2.47. The predicted octanol–water partition coefficient (Wildman–Crippen LogP) is 3.04. The minimum Gasteiger partial charge on any atom is -0.491 e. The van der Waals surface area contributed by atoms with Crippen LogP contribution in [-0.4, -0.2) is 45.1 Å². The highest BCUT2D eigenvalue weighted by Crippen LogP contribution is 2.15. The number of nitrogens with one attached hydrogen (secondary N) is 2. The third kappa shape index (κ3) is 9.63. The maximum Gasteiger partial charge on any atom is 0.407 e. The van der Waals surface area contributed by atoms with Crippen LogP contribution in [-0.2, 0) is 9.47 Å². The van der Waals surface area contributed by atoms with Gasteiger partial charge in [-0.2, -0.15) is 0 Å². The lowest BCUT2D eigenvalue weighted by Gasteiger charge is -2.19. The van der Waals surface area contributed by atoms with Gasteiger partial charge in [-0.25, -0.2) is 4.79 Å². The van der Waals surface area contributed by atoms with Crippen molar-refractivity contribution in [2.45, 2.75) is 32.8 Å². The second kappa shape index (κ2) is 9.94. The van der Waals surface area contributed by atoms with Crippen LogP contribution in [0.1, 0.15) is 27.2 Å². The molecule has 0 aliphatic heterocycles. The Hall–Kier alpha value is -1.95. The topological polar surface area (TPSA) is 68.8 Å². The Bertz CT molecular complexity index is 455. The van der Waals surface area contributed by atoms with Gasteiger partial charge in [0.25, 0.3) is 0 Å². The molecule has 0 aliphatic rings. The van der Waals surface area contributed by atoms with Crippen LogP contribution in [0, 0.1) is 0 Å². The largest absolute Gasteiger partial charge is 0.491 e. The van der Waals surface area contributed by atoms with E-state index in [2.05, 4.69) is 10.6 Å². The van der Waals surface area contributed by atoms with Crippen molar-refractivity contribution in [3.05, 3.63) is 24.3 Å². The number of anilines is 1. The van der Waals surface area contributed by atoms with Crippen LogP contribution < -0.4 is 15.4 Å². The van der Waals surface area contributed by atoms with Crippen molar-refractivity contribution in [2.75, 3.05) is 38.7 Å². The summed E-state index contributed by atoms with van der Waals surface area (Å²) in [6.45, 7) is 7.98. The zero-order valence-electron chi connectivity index (χ0n) is 14.5. The van der Waals surface area contributed by atoms with Gasteiger partial charge in [0.1, 0.15) is 18.0 Å². The maximum absolute atomic E-state index is 11.5. The van der Waals surface area contributed by atoms with Crippen molar-refractivity contribution in [3.63, 3.8) is 0 Å². The summed E-state index contributed by atoms with van der Waals surface area (Å²) >= 11 is 0. The fraction of sp³-hybridized carbons (Fsp3) is 0.588. The number of hydrogen-bond donors (Lipinski definition) is 2. The van der Waals surface area contributed by atoms with E-state index in [0.29, 0.717) is 19.8 Å². The Morgan fingerprint density at radius 3 is 2.39 bits per heavy atom.